The lowest BCUT2D eigenvalue weighted by molar-refractivity contribution is 0.196. The lowest BCUT2D eigenvalue weighted by Crippen LogP contribution is -2.37. The normalized spacial score (nSPS) is 20.0. The number of hydrogen-bond donors (Lipinski definition) is 1. The molecule has 0 unspecified atom stereocenters. The SMILES string of the molecule is CCCCN(Cc1ccccc1)[C@@H]1CCNC1. The van der Waals surface area contributed by atoms with Crippen LogP contribution in [0.25, 0.3) is 0 Å². The van der Waals surface area contributed by atoms with Gasteiger partial charge in [0, 0.05) is 19.1 Å². The van der Waals surface area contributed by atoms with Crippen LogP contribution in [0.1, 0.15) is 31.7 Å². The molecule has 1 atom stereocenters. The van der Waals surface area contributed by atoms with Crippen molar-refractivity contribution in [3.63, 3.8) is 0 Å². The Balaban J connectivity index is 1.94. The maximum atomic E-state index is 3.47. The fourth-order valence-corrected chi connectivity index (χ4v) is 2.52. The van der Waals surface area contributed by atoms with Gasteiger partial charge in [0.05, 0.1) is 0 Å². The van der Waals surface area contributed by atoms with Crippen molar-refractivity contribution in [2.24, 2.45) is 0 Å². The van der Waals surface area contributed by atoms with Crippen molar-refractivity contribution in [3.05, 3.63) is 35.9 Å². The van der Waals surface area contributed by atoms with Gasteiger partial charge in [-0.1, -0.05) is 43.7 Å². The second-order valence-electron chi connectivity index (χ2n) is 4.96. The van der Waals surface area contributed by atoms with Crippen molar-refractivity contribution < 1.29 is 0 Å². The molecule has 0 amide bonds. The van der Waals surface area contributed by atoms with E-state index in [0.717, 1.165) is 19.1 Å². The molecule has 17 heavy (non-hydrogen) atoms. The molecule has 0 saturated carbocycles. The lowest BCUT2D eigenvalue weighted by Gasteiger charge is -2.28. The topological polar surface area (TPSA) is 15.3 Å². The van der Waals surface area contributed by atoms with Gasteiger partial charge in [-0.25, -0.2) is 0 Å². The monoisotopic (exact) mass is 232 g/mol. The minimum atomic E-state index is 0.738. The van der Waals surface area contributed by atoms with Gasteiger partial charge in [0.15, 0.2) is 0 Å². The van der Waals surface area contributed by atoms with Crippen LogP contribution in [0.5, 0.6) is 0 Å². The molecular weight excluding hydrogens is 208 g/mol. The van der Waals surface area contributed by atoms with Crippen molar-refractivity contribution in [3.8, 4) is 0 Å². The Labute approximate surface area is 105 Å². The van der Waals surface area contributed by atoms with E-state index in [0.29, 0.717) is 0 Å². The number of hydrogen-bond acceptors (Lipinski definition) is 2. The fourth-order valence-electron chi connectivity index (χ4n) is 2.52. The maximum Gasteiger partial charge on any atom is 0.0237 e. The van der Waals surface area contributed by atoms with Crippen molar-refractivity contribution in [2.45, 2.75) is 38.8 Å². The molecule has 1 aliphatic rings. The van der Waals surface area contributed by atoms with Crippen LogP contribution >= 0.6 is 0 Å². The average molecular weight is 232 g/mol. The van der Waals surface area contributed by atoms with Gasteiger partial charge < -0.3 is 5.32 Å². The van der Waals surface area contributed by atoms with E-state index in [9.17, 15) is 0 Å². The summed E-state index contributed by atoms with van der Waals surface area (Å²) in [6.45, 7) is 6.96. The number of rotatable bonds is 6. The van der Waals surface area contributed by atoms with Crippen molar-refractivity contribution in [1.82, 2.24) is 10.2 Å². The molecule has 1 aliphatic heterocycles. The molecule has 2 rings (SSSR count). The molecule has 94 valence electrons. The third kappa shape index (κ3) is 3.83. The van der Waals surface area contributed by atoms with Gasteiger partial charge in [0.25, 0.3) is 0 Å². The first-order valence-corrected chi connectivity index (χ1v) is 6.89. The van der Waals surface area contributed by atoms with Crippen molar-refractivity contribution in [1.29, 1.82) is 0 Å². The second kappa shape index (κ2) is 6.77. The Hall–Kier alpha value is -0.860. The van der Waals surface area contributed by atoms with Gasteiger partial charge in [-0.05, 0) is 31.5 Å². The second-order valence-corrected chi connectivity index (χ2v) is 4.96. The predicted molar refractivity (Wildman–Crippen MR) is 73.0 cm³/mol. The van der Waals surface area contributed by atoms with Crippen molar-refractivity contribution >= 4 is 0 Å². The Kier molecular flexibility index (Phi) is 5.02. The third-order valence-corrected chi connectivity index (χ3v) is 3.58. The van der Waals surface area contributed by atoms with E-state index in [1.165, 1.54) is 37.9 Å². The van der Waals surface area contributed by atoms with Gasteiger partial charge in [0.2, 0.25) is 0 Å². The Morgan fingerprint density at radius 3 is 2.76 bits per heavy atom. The summed E-state index contributed by atoms with van der Waals surface area (Å²) >= 11 is 0. The van der Waals surface area contributed by atoms with E-state index in [1.54, 1.807) is 0 Å². The zero-order valence-electron chi connectivity index (χ0n) is 10.9. The van der Waals surface area contributed by atoms with Gasteiger partial charge >= 0.3 is 0 Å². The largest absolute Gasteiger partial charge is 0.315 e. The average Bonchev–Trinajstić information content (AvgIpc) is 2.89. The zero-order chi connectivity index (χ0) is 11.9. The highest BCUT2D eigenvalue weighted by atomic mass is 15.2. The molecular formula is C15H24N2. The number of nitrogens with zero attached hydrogens (tertiary/aromatic N) is 1. The number of unbranched alkanes of at least 4 members (excludes halogenated alkanes) is 1. The summed E-state index contributed by atoms with van der Waals surface area (Å²) in [4.78, 5) is 2.65. The molecule has 0 radical (unpaired) electrons. The molecule has 0 bridgehead atoms. The highest BCUT2D eigenvalue weighted by Gasteiger charge is 2.21. The van der Waals surface area contributed by atoms with Crippen LogP contribution in [0, 0.1) is 0 Å². The smallest absolute Gasteiger partial charge is 0.0237 e. The lowest BCUT2D eigenvalue weighted by atomic mass is 10.1. The Morgan fingerprint density at radius 2 is 2.12 bits per heavy atom. The molecule has 1 heterocycles. The summed E-state index contributed by atoms with van der Waals surface area (Å²) in [5.41, 5.74) is 1.44. The van der Waals surface area contributed by atoms with Crippen LogP contribution in [-0.2, 0) is 6.54 Å². The first kappa shape index (κ1) is 12.6. The predicted octanol–water partition coefficient (Wildman–Crippen LogP) is 2.65. The zero-order valence-corrected chi connectivity index (χ0v) is 10.9. The molecule has 1 aromatic carbocycles. The van der Waals surface area contributed by atoms with E-state index in [2.05, 4.69) is 47.5 Å². The Bertz CT molecular complexity index is 304. The molecule has 0 spiro atoms. The van der Waals surface area contributed by atoms with Gasteiger partial charge in [0.1, 0.15) is 0 Å². The summed E-state index contributed by atoms with van der Waals surface area (Å²) in [6.07, 6.45) is 3.89. The molecule has 0 aromatic heterocycles. The van der Waals surface area contributed by atoms with E-state index in [-0.39, 0.29) is 0 Å². The van der Waals surface area contributed by atoms with Crippen LogP contribution in [0.3, 0.4) is 0 Å². The minimum Gasteiger partial charge on any atom is -0.315 e. The van der Waals surface area contributed by atoms with Crippen LogP contribution < -0.4 is 5.32 Å². The van der Waals surface area contributed by atoms with Gasteiger partial charge in [-0.2, -0.15) is 0 Å². The molecule has 1 saturated heterocycles. The first-order chi connectivity index (χ1) is 8.40. The third-order valence-electron chi connectivity index (χ3n) is 3.58. The summed E-state index contributed by atoms with van der Waals surface area (Å²) in [5, 5.41) is 3.47. The van der Waals surface area contributed by atoms with E-state index in [4.69, 9.17) is 0 Å². The number of benzene rings is 1. The van der Waals surface area contributed by atoms with Gasteiger partial charge in [-0.15, -0.1) is 0 Å². The van der Waals surface area contributed by atoms with Crippen molar-refractivity contribution in [2.75, 3.05) is 19.6 Å². The summed E-state index contributed by atoms with van der Waals surface area (Å²) < 4.78 is 0. The van der Waals surface area contributed by atoms with Crippen LogP contribution in [0.4, 0.5) is 0 Å². The van der Waals surface area contributed by atoms with Crippen LogP contribution in [0.2, 0.25) is 0 Å². The maximum absolute atomic E-state index is 3.47. The molecule has 0 aliphatic carbocycles. The van der Waals surface area contributed by atoms with E-state index < -0.39 is 0 Å². The molecule has 2 nitrogen and oxygen atoms in total. The Morgan fingerprint density at radius 1 is 1.29 bits per heavy atom. The van der Waals surface area contributed by atoms with Crippen LogP contribution in [0.15, 0.2) is 30.3 Å². The number of nitrogens with one attached hydrogen (secondary N) is 1. The van der Waals surface area contributed by atoms with Crippen LogP contribution in [-0.4, -0.2) is 30.6 Å². The first-order valence-electron chi connectivity index (χ1n) is 6.89. The summed E-state index contributed by atoms with van der Waals surface area (Å²) in [5.74, 6) is 0. The molecule has 1 N–H and O–H groups in total. The molecule has 1 fully saturated rings. The molecule has 1 aromatic rings. The van der Waals surface area contributed by atoms with E-state index >= 15 is 0 Å². The quantitative estimate of drug-likeness (QED) is 0.811. The standard InChI is InChI=1S/C15H24N2/c1-2-3-11-17(15-9-10-16-12-15)13-14-7-5-4-6-8-14/h4-8,15-16H,2-3,9-13H2,1H3/t15-/m1/s1. The highest BCUT2D eigenvalue weighted by Crippen LogP contribution is 2.14. The summed E-state index contributed by atoms with van der Waals surface area (Å²) in [7, 11) is 0. The van der Waals surface area contributed by atoms with Gasteiger partial charge in [-0.3, -0.25) is 4.90 Å². The highest BCUT2D eigenvalue weighted by molar-refractivity contribution is 5.14. The molecule has 2 heteroatoms. The summed E-state index contributed by atoms with van der Waals surface area (Å²) in [6, 6.07) is 11.6. The van der Waals surface area contributed by atoms with E-state index in [1.807, 2.05) is 0 Å². The minimum absolute atomic E-state index is 0.738. The fraction of sp³-hybridized carbons (Fsp3) is 0.600.